The van der Waals surface area contributed by atoms with Crippen LogP contribution in [-0.4, -0.2) is 34.9 Å². The van der Waals surface area contributed by atoms with Crippen molar-refractivity contribution >= 4 is 10.0 Å². The van der Waals surface area contributed by atoms with E-state index in [9.17, 15) is 18.0 Å². The molecule has 25 heavy (non-hydrogen) atoms. The molecule has 0 spiro atoms. The van der Waals surface area contributed by atoms with Crippen molar-refractivity contribution in [3.8, 4) is 0 Å². The van der Waals surface area contributed by atoms with Crippen LogP contribution in [0.1, 0.15) is 5.56 Å². The molecule has 1 aromatic heterocycles. The highest BCUT2D eigenvalue weighted by Crippen LogP contribution is 2.12. The first kappa shape index (κ1) is 18.9. The summed E-state index contributed by atoms with van der Waals surface area (Å²) in [6, 6.07) is 9.46. The van der Waals surface area contributed by atoms with E-state index in [1.807, 2.05) is 30.3 Å². The fourth-order valence-corrected chi connectivity index (χ4v) is 4.00. The van der Waals surface area contributed by atoms with E-state index in [0.717, 1.165) is 20.9 Å². The topological polar surface area (TPSA) is 81.4 Å². The van der Waals surface area contributed by atoms with Gasteiger partial charge < -0.3 is 4.57 Å². The normalized spacial score (nSPS) is 11.6. The zero-order valence-electron chi connectivity index (χ0n) is 14.3. The van der Waals surface area contributed by atoms with Crippen LogP contribution in [0.3, 0.4) is 0 Å². The summed E-state index contributed by atoms with van der Waals surface area (Å²) < 4.78 is 28.9. The third-order valence-corrected chi connectivity index (χ3v) is 5.71. The van der Waals surface area contributed by atoms with Gasteiger partial charge in [0.25, 0.3) is 5.56 Å². The number of rotatable bonds is 7. The smallest absolute Gasteiger partial charge is 0.302 e. The van der Waals surface area contributed by atoms with Gasteiger partial charge in [0.05, 0.1) is 0 Å². The van der Waals surface area contributed by atoms with Gasteiger partial charge in [-0.1, -0.05) is 36.4 Å². The Morgan fingerprint density at radius 2 is 1.80 bits per heavy atom. The second kappa shape index (κ2) is 7.62. The lowest BCUT2D eigenvalue weighted by Gasteiger charge is -2.21. The van der Waals surface area contributed by atoms with Gasteiger partial charge in [-0.3, -0.25) is 9.36 Å². The Hall–Kier alpha value is -2.45. The van der Waals surface area contributed by atoms with Crippen LogP contribution in [0.2, 0.25) is 0 Å². The number of aromatic nitrogens is 2. The summed E-state index contributed by atoms with van der Waals surface area (Å²) in [7, 11) is -1.40. The standard InChI is InChI=1S/C17H21N3O4S/c1-4-11-20(12-10-14-8-6-5-7-9-14)25(23,24)15-13-18(2)17(22)19(3)16(15)21/h4-9,13H,1,10-12H2,2-3H3. The molecule has 0 amide bonds. The molecule has 0 fully saturated rings. The van der Waals surface area contributed by atoms with E-state index in [4.69, 9.17) is 0 Å². The van der Waals surface area contributed by atoms with Crippen molar-refractivity contribution in [3.63, 3.8) is 0 Å². The Bertz CT molecular complexity index is 975. The van der Waals surface area contributed by atoms with Crippen LogP contribution >= 0.6 is 0 Å². The van der Waals surface area contributed by atoms with Gasteiger partial charge in [0.1, 0.15) is 0 Å². The summed E-state index contributed by atoms with van der Waals surface area (Å²) in [6.45, 7) is 3.86. The highest BCUT2D eigenvalue weighted by atomic mass is 32.2. The SMILES string of the molecule is C=CCN(CCc1ccccc1)S(=O)(=O)c1cn(C)c(=O)n(C)c1=O. The molecule has 1 aromatic carbocycles. The lowest BCUT2D eigenvalue weighted by atomic mass is 10.1. The van der Waals surface area contributed by atoms with Crippen molar-refractivity contribution in [2.45, 2.75) is 11.3 Å². The zero-order chi connectivity index (χ0) is 18.6. The average molecular weight is 363 g/mol. The fraction of sp³-hybridized carbons (Fsp3) is 0.294. The number of hydrogen-bond donors (Lipinski definition) is 0. The van der Waals surface area contributed by atoms with E-state index in [0.29, 0.717) is 6.42 Å². The van der Waals surface area contributed by atoms with Crippen LogP contribution in [0.5, 0.6) is 0 Å². The van der Waals surface area contributed by atoms with Crippen LogP contribution in [0.25, 0.3) is 0 Å². The maximum Gasteiger partial charge on any atom is 0.330 e. The zero-order valence-corrected chi connectivity index (χ0v) is 15.1. The summed E-state index contributed by atoms with van der Waals surface area (Å²) in [5, 5.41) is 0. The fourth-order valence-electron chi connectivity index (χ4n) is 2.44. The monoisotopic (exact) mass is 363 g/mol. The molecule has 0 atom stereocenters. The predicted octanol–water partition coefficient (Wildman–Crippen LogP) is 0.503. The highest BCUT2D eigenvalue weighted by molar-refractivity contribution is 7.89. The van der Waals surface area contributed by atoms with E-state index < -0.39 is 26.2 Å². The van der Waals surface area contributed by atoms with Gasteiger partial charge in [0.2, 0.25) is 10.0 Å². The van der Waals surface area contributed by atoms with Crippen LogP contribution < -0.4 is 11.2 Å². The van der Waals surface area contributed by atoms with E-state index in [1.54, 1.807) is 0 Å². The molecule has 1 heterocycles. The average Bonchev–Trinajstić information content (AvgIpc) is 2.60. The Morgan fingerprint density at radius 3 is 2.40 bits per heavy atom. The molecule has 0 aliphatic carbocycles. The van der Waals surface area contributed by atoms with Gasteiger partial charge in [-0.05, 0) is 12.0 Å². The molecule has 134 valence electrons. The van der Waals surface area contributed by atoms with Crippen molar-refractivity contribution in [2.75, 3.05) is 13.1 Å². The molecule has 0 saturated heterocycles. The van der Waals surface area contributed by atoms with Crippen LogP contribution in [0.4, 0.5) is 0 Å². The minimum Gasteiger partial charge on any atom is -0.302 e. The molecule has 2 rings (SSSR count). The maximum atomic E-state index is 12.9. The predicted molar refractivity (Wildman–Crippen MR) is 96.0 cm³/mol. The van der Waals surface area contributed by atoms with Crippen molar-refractivity contribution in [1.29, 1.82) is 0 Å². The largest absolute Gasteiger partial charge is 0.330 e. The molecule has 0 bridgehead atoms. The molecular formula is C17H21N3O4S. The minimum absolute atomic E-state index is 0.0706. The van der Waals surface area contributed by atoms with Gasteiger partial charge >= 0.3 is 5.69 Å². The molecule has 0 N–H and O–H groups in total. The summed E-state index contributed by atoms with van der Waals surface area (Å²) in [5.74, 6) is 0. The second-order valence-electron chi connectivity index (χ2n) is 5.64. The van der Waals surface area contributed by atoms with Crippen LogP contribution in [0, 0.1) is 0 Å². The van der Waals surface area contributed by atoms with Gasteiger partial charge in [-0.15, -0.1) is 6.58 Å². The number of sulfonamides is 1. The molecular weight excluding hydrogens is 342 g/mol. The van der Waals surface area contributed by atoms with Crippen LogP contribution in [-0.2, 0) is 30.5 Å². The first-order valence-electron chi connectivity index (χ1n) is 7.70. The molecule has 0 radical (unpaired) electrons. The van der Waals surface area contributed by atoms with Gasteiger partial charge in [0.15, 0.2) is 4.90 Å². The van der Waals surface area contributed by atoms with E-state index in [-0.39, 0.29) is 13.1 Å². The van der Waals surface area contributed by atoms with E-state index in [2.05, 4.69) is 6.58 Å². The lowest BCUT2D eigenvalue weighted by Crippen LogP contribution is -2.43. The number of nitrogens with zero attached hydrogens (tertiary/aromatic N) is 3. The van der Waals surface area contributed by atoms with Crippen molar-refractivity contribution < 1.29 is 8.42 Å². The quantitative estimate of drug-likeness (QED) is 0.671. The van der Waals surface area contributed by atoms with E-state index in [1.165, 1.54) is 24.5 Å². The van der Waals surface area contributed by atoms with Gasteiger partial charge in [-0.2, -0.15) is 4.31 Å². The summed E-state index contributed by atoms with van der Waals surface area (Å²) in [6.07, 6.45) is 3.04. The Labute approximate surface area is 146 Å². The lowest BCUT2D eigenvalue weighted by molar-refractivity contribution is 0.442. The third kappa shape index (κ3) is 3.97. The molecule has 8 heteroatoms. The van der Waals surface area contributed by atoms with Gasteiger partial charge in [0, 0.05) is 33.4 Å². The summed E-state index contributed by atoms with van der Waals surface area (Å²) >= 11 is 0. The number of aryl methyl sites for hydroxylation is 1. The third-order valence-electron chi connectivity index (χ3n) is 3.86. The molecule has 2 aromatic rings. The molecule has 0 aliphatic heterocycles. The van der Waals surface area contributed by atoms with Crippen LogP contribution in [0.15, 0.2) is 63.7 Å². The first-order chi connectivity index (χ1) is 11.8. The Morgan fingerprint density at radius 1 is 1.16 bits per heavy atom. The summed E-state index contributed by atoms with van der Waals surface area (Å²) in [5.41, 5.74) is -0.430. The molecule has 7 nitrogen and oxygen atoms in total. The molecule has 0 aliphatic rings. The highest BCUT2D eigenvalue weighted by Gasteiger charge is 2.28. The Balaban J connectivity index is 2.41. The van der Waals surface area contributed by atoms with Gasteiger partial charge in [-0.25, -0.2) is 13.2 Å². The molecule has 0 unspecified atom stereocenters. The van der Waals surface area contributed by atoms with Crippen molar-refractivity contribution in [2.24, 2.45) is 14.1 Å². The Kier molecular flexibility index (Phi) is 5.76. The minimum atomic E-state index is -4.06. The summed E-state index contributed by atoms with van der Waals surface area (Å²) in [4.78, 5) is 23.6. The molecule has 0 saturated carbocycles. The maximum absolute atomic E-state index is 12.9. The van der Waals surface area contributed by atoms with Crippen molar-refractivity contribution in [1.82, 2.24) is 13.4 Å². The number of benzene rings is 1. The second-order valence-corrected chi connectivity index (χ2v) is 7.54. The van der Waals surface area contributed by atoms with Crippen molar-refractivity contribution in [3.05, 3.63) is 75.6 Å². The number of hydrogen-bond acceptors (Lipinski definition) is 4. The van der Waals surface area contributed by atoms with E-state index >= 15 is 0 Å². The first-order valence-corrected chi connectivity index (χ1v) is 9.14.